The zero-order chi connectivity index (χ0) is 32.4. The third-order valence-corrected chi connectivity index (χ3v) is 9.30. The number of hydrogen-bond acceptors (Lipinski definition) is 5. The first-order chi connectivity index (χ1) is 21.4. The molecule has 0 spiro atoms. The minimum absolute atomic E-state index is 0.0603. The monoisotopic (exact) mass is 616 g/mol. The van der Waals surface area contributed by atoms with Crippen molar-refractivity contribution in [2.24, 2.45) is 5.92 Å². The maximum Gasteiger partial charge on any atom is 0.405 e. The molecule has 0 saturated heterocycles. The van der Waals surface area contributed by atoms with Gasteiger partial charge in [0.2, 0.25) is 11.8 Å². The van der Waals surface area contributed by atoms with Gasteiger partial charge in [-0.3, -0.25) is 9.59 Å². The lowest BCUT2D eigenvalue weighted by atomic mass is 9.62. The van der Waals surface area contributed by atoms with E-state index in [1.165, 1.54) is 6.07 Å². The van der Waals surface area contributed by atoms with Gasteiger partial charge in [-0.25, -0.2) is 14.2 Å². The van der Waals surface area contributed by atoms with Gasteiger partial charge in [-0.2, -0.15) is 0 Å². The summed E-state index contributed by atoms with van der Waals surface area (Å²) in [6, 6.07) is 16.2. The van der Waals surface area contributed by atoms with E-state index in [2.05, 4.69) is 15.6 Å². The van der Waals surface area contributed by atoms with Crippen molar-refractivity contribution in [3.8, 4) is 22.3 Å². The van der Waals surface area contributed by atoms with E-state index in [1.54, 1.807) is 31.3 Å². The summed E-state index contributed by atoms with van der Waals surface area (Å²) < 4.78 is 15.7. The number of carbonyl (C=O) groups is 3. The van der Waals surface area contributed by atoms with Gasteiger partial charge in [-0.15, -0.1) is 0 Å². The van der Waals surface area contributed by atoms with Gasteiger partial charge in [-0.1, -0.05) is 49.4 Å². The number of pyridine rings is 1. The van der Waals surface area contributed by atoms with Gasteiger partial charge in [0, 0.05) is 56.1 Å². The van der Waals surface area contributed by atoms with Crippen LogP contribution in [0.1, 0.15) is 70.8 Å². The van der Waals surface area contributed by atoms with Crippen molar-refractivity contribution in [2.75, 3.05) is 12.4 Å². The lowest BCUT2D eigenvalue weighted by molar-refractivity contribution is -0.132. The Hall–Kier alpha value is -4.31. The topological polar surface area (TPSA) is 132 Å². The summed E-state index contributed by atoms with van der Waals surface area (Å²) >= 11 is 0. The number of anilines is 1. The smallest absolute Gasteiger partial charge is 0.405 e. The van der Waals surface area contributed by atoms with Gasteiger partial charge in [0.1, 0.15) is 11.6 Å². The average Bonchev–Trinajstić information content (AvgIpc) is 2.99. The van der Waals surface area contributed by atoms with Crippen LogP contribution in [0.5, 0.6) is 0 Å². The Kier molecular flexibility index (Phi) is 9.25. The van der Waals surface area contributed by atoms with Crippen LogP contribution in [-0.4, -0.2) is 56.7 Å². The number of hydrogen-bond donors (Lipinski definition) is 4. The fourth-order valence-corrected chi connectivity index (χ4v) is 7.13. The normalized spacial score (nSPS) is 24.3. The third-order valence-electron chi connectivity index (χ3n) is 9.30. The van der Waals surface area contributed by atoms with E-state index in [0.29, 0.717) is 29.8 Å². The lowest BCUT2D eigenvalue weighted by Crippen LogP contribution is -2.62. The fraction of sp³-hybridized carbons (Fsp3) is 0.429. The molecule has 0 aliphatic heterocycles. The Morgan fingerprint density at radius 1 is 1.00 bits per heavy atom. The SMILES string of the molecule is CCC(=O)N(C)C1CCC(CC(=O)Nc2cc(-c3ccccc3)c(-c3ccc(C4(NC(=O)O)CC(C)(O)C4)c(F)c3)cn2)CC1. The molecule has 0 atom stereocenters. The van der Waals surface area contributed by atoms with Crippen molar-refractivity contribution in [3.63, 3.8) is 0 Å². The molecule has 0 bridgehead atoms. The molecule has 2 fully saturated rings. The summed E-state index contributed by atoms with van der Waals surface area (Å²) in [6.45, 7) is 3.46. The van der Waals surface area contributed by atoms with Gasteiger partial charge in [-0.05, 0) is 67.3 Å². The number of amides is 3. The van der Waals surface area contributed by atoms with Crippen molar-refractivity contribution in [1.29, 1.82) is 0 Å². The number of carbonyl (C=O) groups excluding carboxylic acids is 2. The Morgan fingerprint density at radius 2 is 1.69 bits per heavy atom. The Balaban J connectivity index is 1.34. The molecule has 2 aromatic carbocycles. The molecule has 2 aliphatic carbocycles. The van der Waals surface area contributed by atoms with Crippen LogP contribution in [-0.2, 0) is 15.1 Å². The third kappa shape index (κ3) is 7.17. The lowest BCUT2D eigenvalue weighted by Gasteiger charge is -2.51. The predicted molar refractivity (Wildman–Crippen MR) is 170 cm³/mol. The standard InChI is InChI=1S/C35H41FN4O5/c1-4-32(42)40(3)25-13-10-22(11-14-25)16-31(41)38-30-18-26(23-8-6-5-7-9-23)27(19-37-30)24-12-15-28(29(36)17-24)35(39-33(43)44)20-34(2,45)21-35/h5-9,12,15,17-19,22,25,39,45H,4,10-11,13-14,16,20-21H2,1-3H3,(H,43,44)(H,37,38,41). The number of nitrogens with zero attached hydrogens (tertiary/aromatic N) is 2. The van der Waals surface area contributed by atoms with Gasteiger partial charge in [0.15, 0.2) is 0 Å². The van der Waals surface area contributed by atoms with Crippen LogP contribution >= 0.6 is 0 Å². The zero-order valence-electron chi connectivity index (χ0n) is 26.0. The highest BCUT2D eigenvalue weighted by atomic mass is 19.1. The fourth-order valence-electron chi connectivity index (χ4n) is 7.13. The molecular weight excluding hydrogens is 575 g/mol. The second-order valence-electron chi connectivity index (χ2n) is 12.8. The summed E-state index contributed by atoms with van der Waals surface area (Å²) in [4.78, 5) is 43.0. The first-order valence-corrected chi connectivity index (χ1v) is 15.5. The molecule has 5 rings (SSSR count). The van der Waals surface area contributed by atoms with Crippen LogP contribution < -0.4 is 10.6 Å². The molecule has 1 heterocycles. The van der Waals surface area contributed by atoms with Crippen LogP contribution in [0.4, 0.5) is 15.0 Å². The van der Waals surface area contributed by atoms with E-state index in [4.69, 9.17) is 0 Å². The van der Waals surface area contributed by atoms with E-state index in [1.807, 2.05) is 49.2 Å². The largest absolute Gasteiger partial charge is 0.465 e. The van der Waals surface area contributed by atoms with Crippen LogP contribution in [0, 0.1) is 11.7 Å². The predicted octanol–water partition coefficient (Wildman–Crippen LogP) is 6.32. The van der Waals surface area contributed by atoms with Gasteiger partial charge in [0.25, 0.3) is 0 Å². The maximum atomic E-state index is 15.7. The van der Waals surface area contributed by atoms with Crippen molar-refractivity contribution < 1.29 is 29.0 Å². The molecule has 3 aromatic rings. The molecule has 238 valence electrons. The summed E-state index contributed by atoms with van der Waals surface area (Å²) in [7, 11) is 1.86. The molecule has 2 saturated carbocycles. The Labute approximate surface area is 262 Å². The Morgan fingerprint density at radius 3 is 2.29 bits per heavy atom. The molecule has 0 radical (unpaired) electrons. The highest BCUT2D eigenvalue weighted by molar-refractivity contribution is 5.92. The highest BCUT2D eigenvalue weighted by Gasteiger charge is 2.54. The number of halogens is 1. The molecule has 1 aromatic heterocycles. The number of benzene rings is 2. The highest BCUT2D eigenvalue weighted by Crippen LogP contribution is 2.49. The minimum Gasteiger partial charge on any atom is -0.465 e. The number of carboxylic acid groups (broad SMARTS) is 1. The number of aliphatic hydroxyl groups is 1. The molecule has 45 heavy (non-hydrogen) atoms. The first kappa shape index (κ1) is 32.1. The van der Waals surface area contributed by atoms with Crippen molar-refractivity contribution in [3.05, 3.63) is 72.2 Å². The molecule has 4 N–H and O–H groups in total. The molecule has 0 unspecified atom stereocenters. The minimum atomic E-state index is -1.29. The van der Waals surface area contributed by atoms with Crippen molar-refractivity contribution in [1.82, 2.24) is 15.2 Å². The van der Waals surface area contributed by atoms with Crippen molar-refractivity contribution in [2.45, 2.75) is 82.4 Å². The summed E-state index contributed by atoms with van der Waals surface area (Å²) in [6.07, 6.45) is 4.82. The Bertz CT molecular complexity index is 1560. The quantitative estimate of drug-likeness (QED) is 0.223. The number of rotatable bonds is 9. The second-order valence-corrected chi connectivity index (χ2v) is 12.8. The zero-order valence-corrected chi connectivity index (χ0v) is 26.0. The second kappa shape index (κ2) is 13.0. The number of nitrogens with one attached hydrogen (secondary N) is 2. The summed E-state index contributed by atoms with van der Waals surface area (Å²) in [5, 5.41) is 25.1. The molecule has 9 nitrogen and oxygen atoms in total. The van der Waals surface area contributed by atoms with Crippen LogP contribution in [0.25, 0.3) is 22.3 Å². The van der Waals surface area contributed by atoms with E-state index < -0.39 is 23.1 Å². The van der Waals surface area contributed by atoms with E-state index >= 15 is 4.39 Å². The summed E-state index contributed by atoms with van der Waals surface area (Å²) in [5.41, 5.74) is 0.670. The molecular formula is C35H41FN4O5. The van der Waals surface area contributed by atoms with Crippen LogP contribution in [0.15, 0.2) is 60.8 Å². The van der Waals surface area contributed by atoms with Gasteiger partial charge < -0.3 is 25.7 Å². The van der Waals surface area contributed by atoms with E-state index in [0.717, 1.165) is 36.8 Å². The van der Waals surface area contributed by atoms with Gasteiger partial charge in [0.05, 0.1) is 11.1 Å². The van der Waals surface area contributed by atoms with E-state index in [9.17, 15) is 24.6 Å². The maximum absolute atomic E-state index is 15.7. The number of aromatic nitrogens is 1. The van der Waals surface area contributed by atoms with E-state index in [-0.39, 0.29) is 42.2 Å². The van der Waals surface area contributed by atoms with Crippen LogP contribution in [0.2, 0.25) is 0 Å². The van der Waals surface area contributed by atoms with Gasteiger partial charge >= 0.3 is 6.09 Å². The molecule has 2 aliphatic rings. The average molecular weight is 617 g/mol. The molecule has 10 heteroatoms. The molecule has 3 amide bonds. The first-order valence-electron chi connectivity index (χ1n) is 15.5. The van der Waals surface area contributed by atoms with Crippen molar-refractivity contribution >= 4 is 23.7 Å². The summed E-state index contributed by atoms with van der Waals surface area (Å²) in [5.74, 6) is 0.0548. The van der Waals surface area contributed by atoms with Crippen LogP contribution in [0.3, 0.4) is 0 Å².